The molecule has 1 rings (SSSR count). The summed E-state index contributed by atoms with van der Waals surface area (Å²) in [5.41, 5.74) is 0. The Morgan fingerprint density at radius 3 is 3.20 bits per heavy atom. The van der Waals surface area contributed by atoms with E-state index in [1.54, 1.807) is 7.11 Å². The molecule has 86 valence electrons. The number of likely N-dealkylation sites (tertiary alicyclic amines) is 1. The second kappa shape index (κ2) is 7.70. The van der Waals surface area contributed by atoms with Crippen LogP contribution in [0.3, 0.4) is 0 Å². The molecule has 1 saturated heterocycles. The largest absolute Gasteiger partial charge is 0.384 e. The van der Waals surface area contributed by atoms with Crippen molar-refractivity contribution in [3.05, 3.63) is 0 Å². The lowest BCUT2D eigenvalue weighted by Gasteiger charge is -2.32. The number of nitrogens with zero attached hydrogens (tertiary/aromatic N) is 1. The van der Waals surface area contributed by atoms with Crippen LogP contribution in [-0.2, 0) is 4.74 Å². The Bertz CT molecular complexity index is 198. The van der Waals surface area contributed by atoms with Gasteiger partial charge in [0, 0.05) is 26.7 Å². The Morgan fingerprint density at radius 1 is 1.60 bits per heavy atom. The number of ether oxygens (including phenoxy) is 1. The third-order valence-electron chi connectivity index (χ3n) is 2.84. The summed E-state index contributed by atoms with van der Waals surface area (Å²) in [5.74, 6) is 3.30. The van der Waals surface area contributed by atoms with E-state index >= 15 is 0 Å². The highest BCUT2D eigenvalue weighted by atomic mass is 16.5. The van der Waals surface area contributed by atoms with Crippen LogP contribution < -0.4 is 5.32 Å². The van der Waals surface area contributed by atoms with Gasteiger partial charge in [0.25, 0.3) is 0 Å². The van der Waals surface area contributed by atoms with E-state index in [-0.39, 0.29) is 0 Å². The van der Waals surface area contributed by atoms with Gasteiger partial charge < -0.3 is 15.0 Å². The molecule has 1 unspecified atom stereocenters. The Balaban J connectivity index is 2.10. The van der Waals surface area contributed by atoms with Crippen molar-refractivity contribution in [2.75, 3.05) is 46.4 Å². The van der Waals surface area contributed by atoms with E-state index in [0.717, 1.165) is 25.6 Å². The molecule has 0 bridgehead atoms. The molecule has 0 aliphatic carbocycles. The SMILES string of the molecule is C#CCNCCN1CCCC(COC)C1. The number of nitrogens with one attached hydrogen (secondary N) is 1. The highest BCUT2D eigenvalue weighted by Gasteiger charge is 2.18. The van der Waals surface area contributed by atoms with E-state index in [2.05, 4.69) is 16.1 Å². The van der Waals surface area contributed by atoms with E-state index in [1.165, 1.54) is 25.9 Å². The van der Waals surface area contributed by atoms with Crippen LogP contribution in [0.2, 0.25) is 0 Å². The lowest BCUT2D eigenvalue weighted by Crippen LogP contribution is -2.40. The molecule has 0 amide bonds. The molecule has 3 heteroatoms. The lowest BCUT2D eigenvalue weighted by molar-refractivity contribution is 0.0912. The molecule has 0 aromatic heterocycles. The van der Waals surface area contributed by atoms with Crippen LogP contribution in [0, 0.1) is 18.3 Å². The molecule has 0 aromatic carbocycles. The average molecular weight is 210 g/mol. The van der Waals surface area contributed by atoms with Crippen LogP contribution in [0.1, 0.15) is 12.8 Å². The molecule has 1 aliphatic rings. The zero-order chi connectivity index (χ0) is 10.9. The monoisotopic (exact) mass is 210 g/mol. The van der Waals surface area contributed by atoms with Gasteiger partial charge in [-0.2, -0.15) is 0 Å². The fourth-order valence-corrected chi connectivity index (χ4v) is 2.12. The maximum absolute atomic E-state index is 5.20. The van der Waals surface area contributed by atoms with E-state index in [9.17, 15) is 0 Å². The zero-order valence-corrected chi connectivity index (χ0v) is 9.67. The summed E-state index contributed by atoms with van der Waals surface area (Å²) in [7, 11) is 1.79. The predicted molar refractivity (Wildman–Crippen MR) is 62.7 cm³/mol. The van der Waals surface area contributed by atoms with Crippen molar-refractivity contribution in [2.24, 2.45) is 5.92 Å². The van der Waals surface area contributed by atoms with E-state index in [1.807, 2.05) is 0 Å². The summed E-state index contributed by atoms with van der Waals surface area (Å²) in [4.78, 5) is 2.50. The topological polar surface area (TPSA) is 24.5 Å². The summed E-state index contributed by atoms with van der Waals surface area (Å²) in [6.45, 7) is 6.05. The number of hydrogen-bond acceptors (Lipinski definition) is 3. The van der Waals surface area contributed by atoms with Crippen molar-refractivity contribution in [1.29, 1.82) is 0 Å². The Hall–Kier alpha value is -0.560. The summed E-state index contributed by atoms with van der Waals surface area (Å²) >= 11 is 0. The third-order valence-corrected chi connectivity index (χ3v) is 2.84. The van der Waals surface area contributed by atoms with Crippen molar-refractivity contribution in [3.8, 4) is 12.3 Å². The molecular formula is C12H22N2O. The highest BCUT2D eigenvalue weighted by molar-refractivity contribution is 4.86. The summed E-state index contributed by atoms with van der Waals surface area (Å²) < 4.78 is 5.20. The van der Waals surface area contributed by atoms with Gasteiger partial charge in [0.15, 0.2) is 0 Å². The molecule has 1 heterocycles. The normalized spacial score (nSPS) is 22.5. The third kappa shape index (κ3) is 5.17. The zero-order valence-electron chi connectivity index (χ0n) is 9.67. The summed E-state index contributed by atoms with van der Waals surface area (Å²) in [6.07, 6.45) is 7.77. The van der Waals surface area contributed by atoms with E-state index in [0.29, 0.717) is 6.54 Å². The minimum atomic E-state index is 0.676. The predicted octanol–water partition coefficient (Wildman–Crippen LogP) is 0.568. The van der Waals surface area contributed by atoms with Gasteiger partial charge in [-0.3, -0.25) is 0 Å². The molecule has 1 atom stereocenters. The van der Waals surface area contributed by atoms with Gasteiger partial charge in [-0.15, -0.1) is 6.42 Å². The first-order chi connectivity index (χ1) is 7.36. The molecule has 0 radical (unpaired) electrons. The molecule has 3 nitrogen and oxygen atoms in total. The first-order valence-electron chi connectivity index (χ1n) is 5.72. The van der Waals surface area contributed by atoms with E-state index < -0.39 is 0 Å². The molecule has 0 saturated carbocycles. The Morgan fingerprint density at radius 2 is 2.47 bits per heavy atom. The number of hydrogen-bond donors (Lipinski definition) is 1. The number of piperidine rings is 1. The van der Waals surface area contributed by atoms with Gasteiger partial charge in [0.1, 0.15) is 0 Å². The van der Waals surface area contributed by atoms with E-state index in [4.69, 9.17) is 11.2 Å². The van der Waals surface area contributed by atoms with Crippen molar-refractivity contribution in [2.45, 2.75) is 12.8 Å². The van der Waals surface area contributed by atoms with Crippen molar-refractivity contribution in [1.82, 2.24) is 10.2 Å². The fraction of sp³-hybridized carbons (Fsp3) is 0.833. The van der Waals surface area contributed by atoms with Crippen molar-refractivity contribution < 1.29 is 4.74 Å². The van der Waals surface area contributed by atoms with Crippen LogP contribution in [0.25, 0.3) is 0 Å². The number of terminal acetylenes is 1. The second-order valence-corrected chi connectivity index (χ2v) is 4.15. The average Bonchev–Trinajstić information content (AvgIpc) is 2.26. The van der Waals surface area contributed by atoms with Crippen LogP contribution in [-0.4, -0.2) is 51.3 Å². The van der Waals surface area contributed by atoms with Crippen molar-refractivity contribution >= 4 is 0 Å². The smallest absolute Gasteiger partial charge is 0.0574 e. The highest BCUT2D eigenvalue weighted by Crippen LogP contribution is 2.15. The minimum absolute atomic E-state index is 0.676. The van der Waals surface area contributed by atoms with Crippen LogP contribution in [0.4, 0.5) is 0 Å². The molecule has 0 spiro atoms. The fourth-order valence-electron chi connectivity index (χ4n) is 2.12. The second-order valence-electron chi connectivity index (χ2n) is 4.15. The molecule has 15 heavy (non-hydrogen) atoms. The lowest BCUT2D eigenvalue weighted by atomic mass is 9.99. The van der Waals surface area contributed by atoms with Gasteiger partial charge in [0.2, 0.25) is 0 Å². The van der Waals surface area contributed by atoms with Gasteiger partial charge in [-0.25, -0.2) is 0 Å². The van der Waals surface area contributed by atoms with Crippen LogP contribution >= 0.6 is 0 Å². The number of methoxy groups -OCH3 is 1. The van der Waals surface area contributed by atoms with Crippen LogP contribution in [0.15, 0.2) is 0 Å². The number of rotatable bonds is 6. The van der Waals surface area contributed by atoms with Crippen LogP contribution in [0.5, 0.6) is 0 Å². The molecule has 1 fully saturated rings. The maximum atomic E-state index is 5.20. The minimum Gasteiger partial charge on any atom is -0.384 e. The van der Waals surface area contributed by atoms with Gasteiger partial charge in [0.05, 0.1) is 13.2 Å². The summed E-state index contributed by atoms with van der Waals surface area (Å²) in [5, 5.41) is 3.22. The standard InChI is InChI=1S/C12H22N2O/c1-3-6-13-7-9-14-8-4-5-12(10-14)11-15-2/h1,12-13H,4-11H2,2H3. The molecule has 0 aromatic rings. The first kappa shape index (κ1) is 12.5. The maximum Gasteiger partial charge on any atom is 0.0574 e. The van der Waals surface area contributed by atoms with Crippen molar-refractivity contribution in [3.63, 3.8) is 0 Å². The van der Waals surface area contributed by atoms with Gasteiger partial charge in [-0.1, -0.05) is 5.92 Å². The molecular weight excluding hydrogens is 188 g/mol. The summed E-state index contributed by atoms with van der Waals surface area (Å²) in [6, 6.07) is 0. The van der Waals surface area contributed by atoms with Gasteiger partial charge in [-0.05, 0) is 25.3 Å². The Labute approximate surface area is 93.2 Å². The Kier molecular flexibility index (Phi) is 6.42. The molecule has 1 aliphatic heterocycles. The quantitative estimate of drug-likeness (QED) is 0.512. The molecule has 1 N–H and O–H groups in total. The first-order valence-corrected chi connectivity index (χ1v) is 5.72. The van der Waals surface area contributed by atoms with Gasteiger partial charge >= 0.3 is 0 Å².